The summed E-state index contributed by atoms with van der Waals surface area (Å²) >= 11 is 2.34. The fraction of sp³-hybridized carbons (Fsp3) is 0.588. The Labute approximate surface area is 135 Å². The zero-order chi connectivity index (χ0) is 14.3. The van der Waals surface area contributed by atoms with Crippen molar-refractivity contribution in [3.05, 3.63) is 33.4 Å². The summed E-state index contributed by atoms with van der Waals surface area (Å²) in [5.41, 5.74) is 1.36. The summed E-state index contributed by atoms with van der Waals surface area (Å²) in [7, 11) is 2.21. The molecule has 108 valence electrons. The molecule has 2 bridgehead atoms. The first kappa shape index (κ1) is 14.5. The molecule has 1 unspecified atom stereocenters. The van der Waals surface area contributed by atoms with Crippen molar-refractivity contribution in [3.63, 3.8) is 0 Å². The number of nitrogens with zero attached hydrogens (tertiary/aromatic N) is 1. The van der Waals surface area contributed by atoms with Crippen LogP contribution >= 0.6 is 22.6 Å². The third kappa shape index (κ3) is 2.43. The SMILES string of the molecule is CCC(=O)[C@H]1[C@@H](c2ccc(I)cc2)CC2CC[C@H]1N2C. The van der Waals surface area contributed by atoms with Crippen LogP contribution in [-0.4, -0.2) is 29.8 Å². The Kier molecular flexibility index (Phi) is 4.18. The maximum Gasteiger partial charge on any atom is 0.137 e. The van der Waals surface area contributed by atoms with E-state index in [1.807, 2.05) is 6.92 Å². The highest BCUT2D eigenvalue weighted by molar-refractivity contribution is 14.1. The molecule has 3 heteroatoms. The van der Waals surface area contributed by atoms with Gasteiger partial charge in [0.25, 0.3) is 0 Å². The fourth-order valence-electron chi connectivity index (χ4n) is 4.19. The molecule has 0 amide bonds. The number of hydrogen-bond donors (Lipinski definition) is 0. The lowest BCUT2D eigenvalue weighted by Gasteiger charge is -2.42. The molecule has 2 fully saturated rings. The first-order valence-electron chi connectivity index (χ1n) is 7.62. The Morgan fingerprint density at radius 1 is 1.30 bits per heavy atom. The zero-order valence-corrected chi connectivity index (χ0v) is 14.3. The molecule has 0 radical (unpaired) electrons. The Hall–Kier alpha value is -0.420. The van der Waals surface area contributed by atoms with Gasteiger partial charge in [0.1, 0.15) is 5.78 Å². The number of ketones is 1. The van der Waals surface area contributed by atoms with Crippen molar-refractivity contribution >= 4 is 28.4 Å². The monoisotopic (exact) mass is 383 g/mol. The highest BCUT2D eigenvalue weighted by Crippen LogP contribution is 2.46. The quantitative estimate of drug-likeness (QED) is 0.740. The van der Waals surface area contributed by atoms with E-state index in [1.54, 1.807) is 0 Å². The largest absolute Gasteiger partial charge is 0.300 e. The van der Waals surface area contributed by atoms with Gasteiger partial charge in [-0.2, -0.15) is 0 Å². The molecule has 20 heavy (non-hydrogen) atoms. The molecule has 1 aromatic carbocycles. The average Bonchev–Trinajstić information content (AvgIpc) is 2.70. The minimum absolute atomic E-state index is 0.198. The van der Waals surface area contributed by atoms with Crippen LogP contribution in [0.3, 0.4) is 0 Å². The van der Waals surface area contributed by atoms with E-state index < -0.39 is 0 Å². The van der Waals surface area contributed by atoms with Crippen LogP contribution < -0.4 is 0 Å². The van der Waals surface area contributed by atoms with E-state index in [-0.39, 0.29) is 5.92 Å². The number of fused-ring (bicyclic) bond motifs is 2. The van der Waals surface area contributed by atoms with Crippen molar-refractivity contribution in [1.82, 2.24) is 4.90 Å². The Bertz CT molecular complexity index is 498. The summed E-state index contributed by atoms with van der Waals surface area (Å²) < 4.78 is 1.26. The topological polar surface area (TPSA) is 20.3 Å². The predicted octanol–water partition coefficient (Wildman–Crippen LogP) is 3.84. The number of carbonyl (C=O) groups is 1. The summed E-state index contributed by atoms with van der Waals surface area (Å²) in [5.74, 6) is 1.07. The molecular weight excluding hydrogens is 361 g/mol. The predicted molar refractivity (Wildman–Crippen MR) is 89.9 cm³/mol. The second-order valence-corrected chi connectivity index (χ2v) is 7.45. The van der Waals surface area contributed by atoms with Gasteiger partial charge in [0.05, 0.1) is 0 Å². The van der Waals surface area contributed by atoms with E-state index in [2.05, 4.69) is 58.8 Å². The molecule has 2 nitrogen and oxygen atoms in total. The van der Waals surface area contributed by atoms with Gasteiger partial charge in [-0.15, -0.1) is 0 Å². The minimum atomic E-state index is 0.198. The highest BCUT2D eigenvalue weighted by Gasteiger charge is 2.48. The molecule has 2 aliphatic heterocycles. The van der Waals surface area contributed by atoms with Crippen molar-refractivity contribution in [2.24, 2.45) is 5.92 Å². The summed E-state index contributed by atoms with van der Waals surface area (Å²) in [5, 5.41) is 0. The lowest BCUT2D eigenvalue weighted by molar-refractivity contribution is -0.126. The van der Waals surface area contributed by atoms with Crippen LogP contribution in [0.4, 0.5) is 0 Å². The number of piperidine rings is 1. The van der Waals surface area contributed by atoms with Gasteiger partial charge in [-0.05, 0) is 72.5 Å². The van der Waals surface area contributed by atoms with Crippen molar-refractivity contribution in [1.29, 1.82) is 0 Å². The van der Waals surface area contributed by atoms with Crippen molar-refractivity contribution in [2.75, 3.05) is 7.05 Å². The van der Waals surface area contributed by atoms with E-state index in [9.17, 15) is 4.79 Å². The van der Waals surface area contributed by atoms with Gasteiger partial charge in [-0.1, -0.05) is 19.1 Å². The van der Waals surface area contributed by atoms with Gasteiger partial charge in [0.2, 0.25) is 0 Å². The number of halogens is 1. The summed E-state index contributed by atoms with van der Waals surface area (Å²) in [6.45, 7) is 2.01. The normalized spacial score (nSPS) is 33.4. The van der Waals surface area contributed by atoms with E-state index in [0.717, 1.165) is 6.42 Å². The van der Waals surface area contributed by atoms with Crippen LogP contribution in [0.1, 0.15) is 44.1 Å². The number of benzene rings is 1. The molecule has 0 saturated carbocycles. The Morgan fingerprint density at radius 3 is 2.65 bits per heavy atom. The van der Waals surface area contributed by atoms with Crippen molar-refractivity contribution in [2.45, 2.75) is 50.6 Å². The van der Waals surface area contributed by atoms with Gasteiger partial charge in [-0.25, -0.2) is 0 Å². The van der Waals surface area contributed by atoms with Crippen molar-refractivity contribution < 1.29 is 4.79 Å². The van der Waals surface area contributed by atoms with E-state index in [4.69, 9.17) is 0 Å². The minimum Gasteiger partial charge on any atom is -0.300 e. The molecule has 4 atom stereocenters. The lowest BCUT2D eigenvalue weighted by Crippen LogP contribution is -2.48. The van der Waals surface area contributed by atoms with Gasteiger partial charge in [0, 0.05) is 28.0 Å². The van der Waals surface area contributed by atoms with E-state index in [1.165, 1.54) is 22.0 Å². The molecular formula is C17H22INO. The molecule has 2 heterocycles. The summed E-state index contributed by atoms with van der Waals surface area (Å²) in [4.78, 5) is 15.0. The first-order chi connectivity index (χ1) is 9.61. The molecule has 0 aromatic heterocycles. The Morgan fingerprint density at radius 2 is 2.00 bits per heavy atom. The average molecular weight is 383 g/mol. The second-order valence-electron chi connectivity index (χ2n) is 6.20. The van der Waals surface area contributed by atoms with Crippen LogP contribution in [0, 0.1) is 9.49 Å². The molecule has 2 aliphatic rings. The highest BCUT2D eigenvalue weighted by atomic mass is 127. The number of hydrogen-bond acceptors (Lipinski definition) is 2. The van der Waals surface area contributed by atoms with E-state index >= 15 is 0 Å². The van der Waals surface area contributed by atoms with E-state index in [0.29, 0.717) is 30.2 Å². The van der Waals surface area contributed by atoms with Crippen LogP contribution in [-0.2, 0) is 4.79 Å². The molecule has 2 saturated heterocycles. The maximum atomic E-state index is 12.5. The molecule has 0 aliphatic carbocycles. The van der Waals surface area contributed by atoms with Crippen LogP contribution in [0.2, 0.25) is 0 Å². The fourth-order valence-corrected chi connectivity index (χ4v) is 4.55. The van der Waals surface area contributed by atoms with Gasteiger partial charge >= 0.3 is 0 Å². The third-order valence-electron chi connectivity index (χ3n) is 5.29. The summed E-state index contributed by atoms with van der Waals surface area (Å²) in [6, 6.07) is 9.93. The van der Waals surface area contributed by atoms with Crippen LogP contribution in [0.5, 0.6) is 0 Å². The first-order valence-corrected chi connectivity index (χ1v) is 8.69. The lowest BCUT2D eigenvalue weighted by atomic mass is 9.73. The third-order valence-corrected chi connectivity index (χ3v) is 6.01. The molecule has 0 spiro atoms. The number of rotatable bonds is 3. The molecule has 3 rings (SSSR count). The standard InChI is InChI=1S/C17H22INO/c1-3-16(20)17-14(11-4-6-12(18)7-5-11)10-13-8-9-15(17)19(13)2/h4-7,13-15,17H,3,8-10H2,1-2H3/t13?,14-,15-,17+/m1/s1. The van der Waals surface area contributed by atoms with Gasteiger partial charge in [-0.3, -0.25) is 9.69 Å². The molecule has 1 aromatic rings. The summed E-state index contributed by atoms with van der Waals surface area (Å²) in [6.07, 6.45) is 4.26. The van der Waals surface area contributed by atoms with Crippen LogP contribution in [0.25, 0.3) is 0 Å². The van der Waals surface area contributed by atoms with Crippen molar-refractivity contribution in [3.8, 4) is 0 Å². The molecule has 0 N–H and O–H groups in total. The number of Topliss-reactive ketones (excluding diaryl/α,β-unsaturated/α-hetero) is 1. The van der Waals surface area contributed by atoms with Crippen LogP contribution in [0.15, 0.2) is 24.3 Å². The van der Waals surface area contributed by atoms with Gasteiger partial charge < -0.3 is 0 Å². The maximum absolute atomic E-state index is 12.5. The Balaban J connectivity index is 1.95. The zero-order valence-electron chi connectivity index (χ0n) is 12.2. The second kappa shape index (κ2) is 5.76. The smallest absolute Gasteiger partial charge is 0.137 e. The van der Waals surface area contributed by atoms with Gasteiger partial charge in [0.15, 0.2) is 0 Å². The number of carbonyl (C=O) groups excluding carboxylic acids is 1.